The van der Waals surface area contributed by atoms with E-state index in [1.807, 2.05) is 72.8 Å². The van der Waals surface area contributed by atoms with Gasteiger partial charge in [0.2, 0.25) is 11.5 Å². The molecule has 0 fully saturated rings. The molecule has 0 spiro atoms. The number of hydrogen-bond donors (Lipinski definition) is 0. The second-order valence-corrected chi connectivity index (χ2v) is 27.1. The first-order valence-electron chi connectivity index (χ1n) is 39.1. The summed E-state index contributed by atoms with van der Waals surface area (Å²) < 4.78 is 52.5. The summed E-state index contributed by atoms with van der Waals surface area (Å²) >= 11 is 0. The first-order valence-corrected chi connectivity index (χ1v) is 39.1. The minimum Gasteiger partial charge on any atom is -0.494 e. The number of ketones is 2. The maximum atomic E-state index is 15.7. The van der Waals surface area contributed by atoms with Gasteiger partial charge in [-0.2, -0.15) is 10.5 Å². The maximum absolute atomic E-state index is 15.7. The number of ether oxygens (including phenoxy) is 8. The van der Waals surface area contributed by atoms with E-state index in [0.29, 0.717) is 87.0 Å². The molecule has 0 saturated carbocycles. The predicted molar refractivity (Wildman–Crippen MR) is 406 cm³/mol. The molecule has 6 aromatic rings. The van der Waals surface area contributed by atoms with Crippen LogP contribution in [0.15, 0.2) is 109 Å². The highest BCUT2D eigenvalue weighted by molar-refractivity contribution is 6.31. The molecule has 12 heteroatoms. The molecule has 0 atom stereocenters. The van der Waals surface area contributed by atoms with Crippen molar-refractivity contribution in [3.63, 3.8) is 0 Å². The lowest BCUT2D eigenvalue weighted by Gasteiger charge is -2.27. The Bertz CT molecular complexity index is 3140. The Morgan fingerprint density at radius 1 is 0.260 bits per heavy atom. The van der Waals surface area contributed by atoms with Crippen LogP contribution in [0.3, 0.4) is 0 Å². The van der Waals surface area contributed by atoms with Gasteiger partial charge in [-0.05, 0) is 134 Å². The molecule has 0 N–H and O–H groups in total. The zero-order valence-electron chi connectivity index (χ0n) is 61.5. The van der Waals surface area contributed by atoms with Gasteiger partial charge in [0, 0.05) is 11.1 Å². The summed E-state index contributed by atoms with van der Waals surface area (Å²) in [5.74, 6) is 3.33. The Balaban J connectivity index is 0.960. The molecule has 100 heavy (non-hydrogen) atoms. The number of nitriles is 2. The summed E-state index contributed by atoms with van der Waals surface area (Å²) in [7, 11) is 0. The second kappa shape index (κ2) is 48.0. The SMILES string of the molecule is CCCCCCOc1cc2c(c(OCCCCCCCCCCCCOc3ccc(-c4ccc(C#N)cc4)cc3)c1OCCCCCC)C(=O)c1cc(OCCCCCC)c(OCCCCCC)c(OCCCCCCCCCCCCOc3ccc(-c4ccc(C#N)cc4)cc3)c1C2=O. The van der Waals surface area contributed by atoms with Crippen LogP contribution in [-0.2, 0) is 0 Å². The van der Waals surface area contributed by atoms with Crippen molar-refractivity contribution in [3.8, 4) is 80.4 Å². The van der Waals surface area contributed by atoms with Gasteiger partial charge in [0.25, 0.3) is 0 Å². The molecule has 1 aliphatic rings. The predicted octanol–water partition coefficient (Wildman–Crippen LogP) is 24.1. The molecule has 0 heterocycles. The molecule has 1 aliphatic carbocycles. The van der Waals surface area contributed by atoms with Crippen molar-refractivity contribution in [3.05, 3.63) is 143 Å². The van der Waals surface area contributed by atoms with Crippen LogP contribution >= 0.6 is 0 Å². The van der Waals surface area contributed by atoms with E-state index < -0.39 is 0 Å². The van der Waals surface area contributed by atoms with Crippen LogP contribution in [-0.4, -0.2) is 64.4 Å². The Kier molecular flexibility index (Phi) is 38.1. The third kappa shape index (κ3) is 27.2. The highest BCUT2D eigenvalue weighted by Gasteiger charge is 2.41. The van der Waals surface area contributed by atoms with Crippen LogP contribution in [0.4, 0.5) is 0 Å². The Morgan fingerprint density at radius 2 is 0.480 bits per heavy atom. The highest BCUT2D eigenvalue weighted by atomic mass is 16.6. The van der Waals surface area contributed by atoms with E-state index in [2.05, 4.69) is 64.1 Å². The minimum absolute atomic E-state index is 0.211. The van der Waals surface area contributed by atoms with Gasteiger partial charge in [0.1, 0.15) is 11.5 Å². The molecular weight excluding hydrogens is 1240 g/mol. The average Bonchev–Trinajstić information content (AvgIpc) is 0.724. The van der Waals surface area contributed by atoms with Gasteiger partial charge in [0.05, 0.1) is 87.2 Å². The summed E-state index contributed by atoms with van der Waals surface area (Å²) in [6.45, 7) is 12.6. The normalized spacial score (nSPS) is 11.6. The van der Waals surface area contributed by atoms with Crippen LogP contribution < -0.4 is 37.9 Å². The van der Waals surface area contributed by atoms with Crippen LogP contribution in [0.5, 0.6) is 46.0 Å². The summed E-state index contributed by atoms with van der Waals surface area (Å²) in [5, 5.41) is 18.3. The molecule has 0 aromatic heterocycles. The van der Waals surface area contributed by atoms with Crippen molar-refractivity contribution >= 4 is 11.6 Å². The largest absolute Gasteiger partial charge is 0.494 e. The molecule has 6 aromatic carbocycles. The Hall–Kier alpha value is -7.96. The first kappa shape index (κ1) is 79.4. The molecular formula is C88H118N2O10. The van der Waals surface area contributed by atoms with Crippen molar-refractivity contribution in [2.24, 2.45) is 0 Å². The van der Waals surface area contributed by atoms with Crippen LogP contribution in [0, 0.1) is 22.7 Å². The quantitative estimate of drug-likeness (QED) is 0.0333. The van der Waals surface area contributed by atoms with E-state index in [1.54, 1.807) is 12.1 Å². The molecule has 0 aliphatic heterocycles. The van der Waals surface area contributed by atoms with Gasteiger partial charge in [-0.25, -0.2) is 0 Å². The monoisotopic (exact) mass is 1360 g/mol. The van der Waals surface area contributed by atoms with Crippen molar-refractivity contribution in [2.75, 3.05) is 52.9 Å². The van der Waals surface area contributed by atoms with Gasteiger partial charge < -0.3 is 37.9 Å². The molecule has 540 valence electrons. The van der Waals surface area contributed by atoms with Crippen molar-refractivity contribution in [1.29, 1.82) is 10.5 Å². The van der Waals surface area contributed by atoms with Gasteiger partial charge in [-0.15, -0.1) is 0 Å². The van der Waals surface area contributed by atoms with E-state index in [1.165, 1.54) is 51.4 Å². The Morgan fingerprint density at radius 3 is 0.740 bits per heavy atom. The number of rotatable bonds is 56. The lowest BCUT2D eigenvalue weighted by Crippen LogP contribution is -2.25. The standard InChI is InChI=1S/C88H118N2O10/c1-5-9-13-33-59-95-79-65-77-81(87(85(79)97-61-35-15-11-7-3)99-63-39-31-27-23-19-17-21-25-29-37-57-93-75-53-49-73(50-54-75)71-45-41-69(67-89)42-46-71)84(92)78-66-80(96-60-34-14-10-6-2)86(98-62-36-16-12-8-4)88(82(78)83(77)91)100-64-40-32-28-24-20-18-22-26-30-38-58-94-76-55-51-74(52-56-76)72-47-43-70(68-90)44-48-72/h41-56,65-66H,5-40,57-64H2,1-4H3. The third-order valence-corrected chi connectivity index (χ3v) is 18.9. The fourth-order valence-corrected chi connectivity index (χ4v) is 12.8. The Labute approximate surface area is 601 Å². The molecule has 0 radical (unpaired) electrons. The maximum Gasteiger partial charge on any atom is 0.204 e. The van der Waals surface area contributed by atoms with E-state index in [-0.39, 0.29) is 45.3 Å². The molecule has 0 bridgehead atoms. The van der Waals surface area contributed by atoms with Crippen molar-refractivity contribution < 1.29 is 47.5 Å². The first-order chi connectivity index (χ1) is 49.3. The van der Waals surface area contributed by atoms with E-state index in [0.717, 1.165) is 214 Å². The van der Waals surface area contributed by atoms with Gasteiger partial charge >= 0.3 is 0 Å². The van der Waals surface area contributed by atoms with E-state index in [9.17, 15) is 0 Å². The van der Waals surface area contributed by atoms with Gasteiger partial charge in [-0.1, -0.05) is 256 Å². The third-order valence-electron chi connectivity index (χ3n) is 18.9. The zero-order valence-corrected chi connectivity index (χ0v) is 61.5. The number of carbonyl (C=O) groups is 2. The molecule has 0 amide bonds. The van der Waals surface area contributed by atoms with Gasteiger partial charge in [-0.3, -0.25) is 9.59 Å². The summed E-state index contributed by atoms with van der Waals surface area (Å²) in [5.41, 5.74) is 6.57. The lowest BCUT2D eigenvalue weighted by molar-refractivity contribution is 0.0968. The van der Waals surface area contributed by atoms with Crippen LogP contribution in [0.1, 0.15) is 302 Å². The number of fused-ring (bicyclic) bond motifs is 2. The van der Waals surface area contributed by atoms with E-state index in [4.69, 9.17) is 48.4 Å². The van der Waals surface area contributed by atoms with Crippen molar-refractivity contribution in [2.45, 2.75) is 259 Å². The minimum atomic E-state index is -0.323. The fourth-order valence-electron chi connectivity index (χ4n) is 12.8. The number of hydrogen-bond acceptors (Lipinski definition) is 12. The number of nitrogens with zero attached hydrogens (tertiary/aromatic N) is 2. The fraction of sp³-hybridized carbons (Fsp3) is 0.545. The number of carbonyl (C=O) groups excluding carboxylic acids is 2. The van der Waals surface area contributed by atoms with Gasteiger partial charge in [0.15, 0.2) is 34.6 Å². The molecule has 12 nitrogen and oxygen atoms in total. The zero-order chi connectivity index (χ0) is 70.5. The van der Waals surface area contributed by atoms with Crippen LogP contribution in [0.25, 0.3) is 22.3 Å². The molecule has 7 rings (SSSR count). The summed E-state index contributed by atoms with van der Waals surface area (Å²) in [4.78, 5) is 31.4. The average molecular weight is 1360 g/mol. The molecule has 0 unspecified atom stereocenters. The second-order valence-electron chi connectivity index (χ2n) is 27.1. The number of benzene rings is 6. The van der Waals surface area contributed by atoms with E-state index >= 15 is 9.59 Å². The smallest absolute Gasteiger partial charge is 0.204 e. The summed E-state index contributed by atoms with van der Waals surface area (Å²) in [6, 6.07) is 39.5. The highest BCUT2D eigenvalue weighted by Crippen LogP contribution is 2.51. The lowest BCUT2D eigenvalue weighted by atomic mass is 9.82. The topological polar surface area (TPSA) is 156 Å². The van der Waals surface area contributed by atoms with Crippen molar-refractivity contribution in [1.82, 2.24) is 0 Å². The number of unbranched alkanes of at least 4 members (excludes halogenated alkanes) is 30. The summed E-state index contributed by atoms with van der Waals surface area (Å²) in [6.07, 6.45) is 38.1. The molecule has 0 saturated heterocycles. The van der Waals surface area contributed by atoms with Crippen LogP contribution in [0.2, 0.25) is 0 Å².